The number of H-pyrrole nitrogens is 2. The summed E-state index contributed by atoms with van der Waals surface area (Å²) >= 11 is 4.97. The highest BCUT2D eigenvalue weighted by Crippen LogP contribution is 2.40. The number of nitriles is 1. The van der Waals surface area contributed by atoms with Crippen LogP contribution in [0.15, 0.2) is 63.1 Å². The van der Waals surface area contributed by atoms with Crippen LogP contribution < -0.4 is 16.0 Å². The summed E-state index contributed by atoms with van der Waals surface area (Å²) in [6, 6.07) is 15.0. The van der Waals surface area contributed by atoms with Gasteiger partial charge in [0.2, 0.25) is 11.8 Å². The first-order chi connectivity index (χ1) is 12.6. The Bertz CT molecular complexity index is 1180. The maximum atomic E-state index is 12.5. The van der Waals surface area contributed by atoms with Crippen molar-refractivity contribution < 1.29 is 9.15 Å². The van der Waals surface area contributed by atoms with Crippen LogP contribution >= 0.6 is 12.2 Å². The van der Waals surface area contributed by atoms with Gasteiger partial charge in [-0.2, -0.15) is 5.26 Å². The number of allylic oxidation sites excluding steroid dienone is 1. The number of benzene rings is 1. The number of furan rings is 1. The van der Waals surface area contributed by atoms with Crippen molar-refractivity contribution in [2.75, 3.05) is 0 Å². The molecule has 0 bridgehead atoms. The van der Waals surface area contributed by atoms with Crippen LogP contribution in [0.25, 0.3) is 11.3 Å². The molecule has 4 rings (SSSR count). The highest BCUT2D eigenvalue weighted by Gasteiger charge is 2.36. The van der Waals surface area contributed by atoms with Crippen molar-refractivity contribution in [1.29, 1.82) is 5.26 Å². The molecule has 3 aromatic rings. The molecular formula is C18H12N4O3S. The third kappa shape index (κ3) is 2.51. The van der Waals surface area contributed by atoms with Gasteiger partial charge in [-0.05, 0) is 24.4 Å². The van der Waals surface area contributed by atoms with E-state index in [0.717, 1.165) is 5.56 Å². The van der Waals surface area contributed by atoms with E-state index >= 15 is 0 Å². The van der Waals surface area contributed by atoms with Gasteiger partial charge in [0.25, 0.3) is 5.56 Å². The summed E-state index contributed by atoms with van der Waals surface area (Å²) in [5, 5.41) is 9.54. The fourth-order valence-corrected chi connectivity index (χ4v) is 3.12. The smallest absolute Gasteiger partial charge is 0.259 e. The van der Waals surface area contributed by atoms with Crippen molar-refractivity contribution in [3.63, 3.8) is 0 Å². The number of ether oxygens (including phenoxy) is 1. The SMILES string of the molecule is N#CC1=C(N)Oc2[nH]c(=S)[nH]c(=O)c2C1c1ccc(-c2ccccc2)o1. The Balaban J connectivity index is 1.91. The molecule has 0 saturated heterocycles. The molecule has 0 amide bonds. The molecule has 8 heteroatoms. The van der Waals surface area contributed by atoms with E-state index in [2.05, 4.69) is 9.97 Å². The van der Waals surface area contributed by atoms with Crippen LogP contribution in [0.2, 0.25) is 0 Å². The molecule has 0 aliphatic carbocycles. The summed E-state index contributed by atoms with van der Waals surface area (Å²) in [6.07, 6.45) is 0. The average Bonchev–Trinajstić information content (AvgIpc) is 3.11. The summed E-state index contributed by atoms with van der Waals surface area (Å²) in [7, 11) is 0. The number of nitrogens with two attached hydrogens (primary N) is 1. The molecule has 0 spiro atoms. The molecule has 1 aromatic carbocycles. The number of rotatable bonds is 2. The first kappa shape index (κ1) is 15.9. The van der Waals surface area contributed by atoms with Crippen LogP contribution in [0, 0.1) is 16.1 Å². The lowest BCUT2D eigenvalue weighted by atomic mass is 9.89. The van der Waals surface area contributed by atoms with E-state index in [9.17, 15) is 10.1 Å². The van der Waals surface area contributed by atoms with Crippen LogP contribution in [0.1, 0.15) is 17.2 Å². The standard InChI is InChI=1S/C18H12N4O3S/c19-8-10-13(12-7-6-11(24-12)9-4-2-1-3-5-9)14-16(23)21-18(26)22-17(14)25-15(10)20/h1-7,13H,20H2,(H2,21,22,23,26). The molecule has 128 valence electrons. The summed E-state index contributed by atoms with van der Waals surface area (Å²) in [4.78, 5) is 17.7. The number of nitrogens with one attached hydrogen (secondary N) is 2. The lowest BCUT2D eigenvalue weighted by molar-refractivity contribution is 0.366. The first-order valence-electron chi connectivity index (χ1n) is 7.67. The number of aromatic amines is 2. The predicted molar refractivity (Wildman–Crippen MR) is 95.7 cm³/mol. The zero-order valence-electron chi connectivity index (χ0n) is 13.3. The molecule has 0 saturated carbocycles. The number of hydrogen-bond acceptors (Lipinski definition) is 6. The number of hydrogen-bond donors (Lipinski definition) is 3. The second-order valence-corrected chi connectivity index (χ2v) is 6.05. The molecule has 1 aliphatic rings. The Morgan fingerprint density at radius 2 is 1.92 bits per heavy atom. The third-order valence-electron chi connectivity index (χ3n) is 4.09. The highest BCUT2D eigenvalue weighted by atomic mass is 32.1. The normalized spacial score (nSPS) is 15.9. The van der Waals surface area contributed by atoms with Crippen LogP contribution in [-0.4, -0.2) is 9.97 Å². The van der Waals surface area contributed by atoms with Crippen LogP contribution in [-0.2, 0) is 0 Å². The van der Waals surface area contributed by atoms with Gasteiger partial charge in [0.1, 0.15) is 23.2 Å². The molecule has 7 nitrogen and oxygen atoms in total. The number of fused-ring (bicyclic) bond motifs is 1. The first-order valence-corrected chi connectivity index (χ1v) is 8.08. The third-order valence-corrected chi connectivity index (χ3v) is 4.29. The van der Waals surface area contributed by atoms with Crippen LogP contribution in [0.4, 0.5) is 0 Å². The molecule has 1 atom stereocenters. The van der Waals surface area contributed by atoms with Gasteiger partial charge >= 0.3 is 0 Å². The Morgan fingerprint density at radius 1 is 1.15 bits per heavy atom. The van der Waals surface area contributed by atoms with E-state index in [0.29, 0.717) is 11.5 Å². The summed E-state index contributed by atoms with van der Waals surface area (Å²) in [5.41, 5.74) is 6.58. The van der Waals surface area contributed by atoms with E-state index in [-0.39, 0.29) is 27.7 Å². The molecule has 1 aliphatic heterocycles. The van der Waals surface area contributed by atoms with Gasteiger partial charge in [-0.15, -0.1) is 0 Å². The zero-order valence-corrected chi connectivity index (χ0v) is 14.1. The van der Waals surface area contributed by atoms with Gasteiger partial charge in [0, 0.05) is 5.56 Å². The minimum absolute atomic E-state index is 0.0982. The topological polar surface area (TPSA) is 121 Å². The van der Waals surface area contributed by atoms with E-state index in [1.807, 2.05) is 36.4 Å². The lowest BCUT2D eigenvalue weighted by Gasteiger charge is -2.23. The largest absolute Gasteiger partial charge is 0.460 e. The molecular weight excluding hydrogens is 352 g/mol. The fourth-order valence-electron chi connectivity index (χ4n) is 2.94. The Kier molecular flexibility index (Phi) is 3.71. The fraction of sp³-hybridized carbons (Fsp3) is 0.0556. The molecule has 26 heavy (non-hydrogen) atoms. The maximum absolute atomic E-state index is 12.5. The molecule has 4 N–H and O–H groups in total. The minimum Gasteiger partial charge on any atom is -0.460 e. The monoisotopic (exact) mass is 364 g/mol. The second kappa shape index (κ2) is 6.06. The molecule has 3 heterocycles. The quantitative estimate of drug-likeness (QED) is 0.601. The summed E-state index contributed by atoms with van der Waals surface area (Å²) in [5.74, 6) is 0.238. The number of aromatic nitrogens is 2. The molecule has 0 fully saturated rings. The van der Waals surface area contributed by atoms with Crippen molar-refractivity contribution >= 4 is 12.2 Å². The van der Waals surface area contributed by atoms with Crippen molar-refractivity contribution in [2.24, 2.45) is 5.73 Å². The maximum Gasteiger partial charge on any atom is 0.259 e. The zero-order chi connectivity index (χ0) is 18.3. The Morgan fingerprint density at radius 3 is 2.65 bits per heavy atom. The van der Waals surface area contributed by atoms with Crippen LogP contribution in [0.3, 0.4) is 0 Å². The summed E-state index contributed by atoms with van der Waals surface area (Å²) < 4.78 is 11.4. The van der Waals surface area contributed by atoms with Crippen molar-refractivity contribution in [3.8, 4) is 23.3 Å². The van der Waals surface area contributed by atoms with E-state index in [4.69, 9.17) is 27.1 Å². The van der Waals surface area contributed by atoms with Crippen molar-refractivity contribution in [2.45, 2.75) is 5.92 Å². The predicted octanol–water partition coefficient (Wildman–Crippen LogP) is 2.91. The minimum atomic E-state index is -0.795. The van der Waals surface area contributed by atoms with Crippen molar-refractivity contribution in [1.82, 2.24) is 9.97 Å². The van der Waals surface area contributed by atoms with E-state index in [1.54, 1.807) is 12.1 Å². The molecule has 1 unspecified atom stereocenters. The second-order valence-electron chi connectivity index (χ2n) is 5.64. The van der Waals surface area contributed by atoms with Crippen LogP contribution in [0.5, 0.6) is 5.88 Å². The van der Waals surface area contributed by atoms with E-state index in [1.165, 1.54) is 0 Å². The van der Waals surface area contributed by atoms with Gasteiger partial charge in [-0.25, -0.2) is 0 Å². The van der Waals surface area contributed by atoms with Gasteiger partial charge in [-0.3, -0.25) is 9.78 Å². The van der Waals surface area contributed by atoms with Gasteiger partial charge in [0.15, 0.2) is 4.77 Å². The Labute approximate surface area is 152 Å². The highest BCUT2D eigenvalue weighted by molar-refractivity contribution is 7.71. The molecule has 2 aromatic heterocycles. The van der Waals surface area contributed by atoms with Gasteiger partial charge < -0.3 is 19.9 Å². The molecule has 0 radical (unpaired) electrons. The van der Waals surface area contributed by atoms with Gasteiger partial charge in [0.05, 0.1) is 11.5 Å². The average molecular weight is 364 g/mol. The Hall–Kier alpha value is -3.57. The van der Waals surface area contributed by atoms with Gasteiger partial charge in [-0.1, -0.05) is 30.3 Å². The summed E-state index contributed by atoms with van der Waals surface area (Å²) in [6.45, 7) is 0. The van der Waals surface area contributed by atoms with Crippen molar-refractivity contribution in [3.05, 3.63) is 80.4 Å². The lowest BCUT2D eigenvalue weighted by Crippen LogP contribution is -2.28. The number of nitrogens with zero attached hydrogens (tertiary/aromatic N) is 1. The van der Waals surface area contributed by atoms with E-state index < -0.39 is 11.5 Å².